The van der Waals surface area contributed by atoms with Crippen molar-refractivity contribution >= 4 is 23.6 Å². The van der Waals surface area contributed by atoms with Crippen molar-refractivity contribution in [3.63, 3.8) is 0 Å². The van der Waals surface area contributed by atoms with Crippen LogP contribution < -0.4 is 0 Å². The SMILES string of the molecule is COC(=O)CN(CC(=O)OC)C(=O)CCC(=O)c1ccccc1. The van der Waals surface area contributed by atoms with E-state index in [0.717, 1.165) is 4.90 Å². The third kappa shape index (κ3) is 6.29. The highest BCUT2D eigenvalue weighted by atomic mass is 16.5. The molecule has 0 saturated heterocycles. The Morgan fingerprint density at radius 3 is 1.87 bits per heavy atom. The molecule has 0 aliphatic rings. The fourth-order valence-electron chi connectivity index (χ4n) is 1.82. The lowest BCUT2D eigenvalue weighted by molar-refractivity contribution is -0.152. The first-order chi connectivity index (χ1) is 11.0. The zero-order valence-electron chi connectivity index (χ0n) is 13.1. The smallest absolute Gasteiger partial charge is 0.325 e. The topological polar surface area (TPSA) is 90.0 Å². The Bertz CT molecular complexity index is 551. The lowest BCUT2D eigenvalue weighted by atomic mass is 10.1. The minimum absolute atomic E-state index is 0.0122. The average molecular weight is 321 g/mol. The van der Waals surface area contributed by atoms with Gasteiger partial charge in [0.2, 0.25) is 5.91 Å². The van der Waals surface area contributed by atoms with Crippen LogP contribution in [0.1, 0.15) is 23.2 Å². The summed E-state index contributed by atoms with van der Waals surface area (Å²) in [5.74, 6) is -1.99. The molecular formula is C16H19NO6. The lowest BCUT2D eigenvalue weighted by Crippen LogP contribution is -2.40. The highest BCUT2D eigenvalue weighted by Crippen LogP contribution is 2.07. The van der Waals surface area contributed by atoms with Gasteiger partial charge in [0.25, 0.3) is 0 Å². The number of methoxy groups -OCH3 is 2. The van der Waals surface area contributed by atoms with Crippen LogP contribution in [0.3, 0.4) is 0 Å². The van der Waals surface area contributed by atoms with Crippen LogP contribution >= 0.6 is 0 Å². The van der Waals surface area contributed by atoms with Gasteiger partial charge in [-0.2, -0.15) is 0 Å². The molecule has 1 amide bonds. The summed E-state index contributed by atoms with van der Waals surface area (Å²) >= 11 is 0. The van der Waals surface area contributed by atoms with Crippen molar-refractivity contribution < 1.29 is 28.7 Å². The number of nitrogens with zero attached hydrogens (tertiary/aromatic N) is 1. The maximum Gasteiger partial charge on any atom is 0.325 e. The van der Waals surface area contributed by atoms with E-state index >= 15 is 0 Å². The van der Waals surface area contributed by atoms with E-state index in [9.17, 15) is 19.2 Å². The molecular weight excluding hydrogens is 302 g/mol. The van der Waals surface area contributed by atoms with Crippen LogP contribution in [0.15, 0.2) is 30.3 Å². The maximum absolute atomic E-state index is 12.1. The van der Waals surface area contributed by atoms with Crippen LogP contribution in [0, 0.1) is 0 Å². The van der Waals surface area contributed by atoms with Gasteiger partial charge < -0.3 is 14.4 Å². The predicted octanol–water partition coefficient (Wildman–Crippen LogP) is 0.824. The molecule has 124 valence electrons. The first kappa shape index (κ1) is 18.3. The van der Waals surface area contributed by atoms with E-state index in [2.05, 4.69) is 9.47 Å². The molecule has 0 fully saturated rings. The third-order valence-corrected chi connectivity index (χ3v) is 3.11. The zero-order valence-corrected chi connectivity index (χ0v) is 13.1. The van der Waals surface area contributed by atoms with Gasteiger partial charge in [-0.3, -0.25) is 19.2 Å². The molecule has 0 bridgehead atoms. The lowest BCUT2D eigenvalue weighted by Gasteiger charge is -2.19. The van der Waals surface area contributed by atoms with Crippen molar-refractivity contribution in [3.8, 4) is 0 Å². The fraction of sp³-hybridized carbons (Fsp3) is 0.375. The zero-order chi connectivity index (χ0) is 17.2. The van der Waals surface area contributed by atoms with Gasteiger partial charge >= 0.3 is 11.9 Å². The van der Waals surface area contributed by atoms with Crippen LogP contribution in [0.25, 0.3) is 0 Å². The average Bonchev–Trinajstić information content (AvgIpc) is 2.59. The molecule has 0 heterocycles. The van der Waals surface area contributed by atoms with Gasteiger partial charge in [-0.1, -0.05) is 30.3 Å². The van der Waals surface area contributed by atoms with Crippen molar-refractivity contribution in [2.75, 3.05) is 27.3 Å². The minimum Gasteiger partial charge on any atom is -0.468 e. The number of hydrogen-bond acceptors (Lipinski definition) is 6. The normalized spacial score (nSPS) is 9.83. The Morgan fingerprint density at radius 1 is 0.870 bits per heavy atom. The van der Waals surface area contributed by atoms with E-state index in [1.54, 1.807) is 30.3 Å². The Kier molecular flexibility index (Phi) is 7.45. The first-order valence-corrected chi connectivity index (χ1v) is 6.97. The first-order valence-electron chi connectivity index (χ1n) is 6.97. The molecule has 0 aliphatic carbocycles. The van der Waals surface area contributed by atoms with Gasteiger partial charge in [-0.15, -0.1) is 0 Å². The van der Waals surface area contributed by atoms with Crippen molar-refractivity contribution in [3.05, 3.63) is 35.9 Å². The molecule has 7 nitrogen and oxygen atoms in total. The molecule has 7 heteroatoms. The summed E-state index contributed by atoms with van der Waals surface area (Å²) in [5.41, 5.74) is 0.507. The van der Waals surface area contributed by atoms with Crippen LogP contribution in [0.2, 0.25) is 0 Å². The Morgan fingerprint density at radius 2 is 1.39 bits per heavy atom. The summed E-state index contributed by atoms with van der Waals surface area (Å²) in [6.07, 6.45) is -0.122. The highest BCUT2D eigenvalue weighted by Gasteiger charge is 2.21. The Balaban J connectivity index is 2.63. The number of Topliss-reactive ketones (excluding diaryl/α,β-unsaturated/α-hetero) is 1. The monoisotopic (exact) mass is 321 g/mol. The van der Waals surface area contributed by atoms with Crippen molar-refractivity contribution in [2.24, 2.45) is 0 Å². The van der Waals surface area contributed by atoms with Gasteiger partial charge in [0, 0.05) is 18.4 Å². The molecule has 0 atom stereocenters. The minimum atomic E-state index is -0.656. The van der Waals surface area contributed by atoms with Crippen LogP contribution in [0.4, 0.5) is 0 Å². The molecule has 0 unspecified atom stereocenters. The summed E-state index contributed by atoms with van der Waals surface area (Å²) < 4.78 is 8.98. The van der Waals surface area contributed by atoms with Gasteiger partial charge in [-0.05, 0) is 0 Å². The number of amides is 1. The van der Waals surface area contributed by atoms with Crippen LogP contribution in [-0.4, -0.2) is 55.8 Å². The van der Waals surface area contributed by atoms with Gasteiger partial charge in [0.15, 0.2) is 5.78 Å². The second-order valence-electron chi connectivity index (χ2n) is 4.69. The summed E-state index contributed by atoms with van der Waals surface area (Å²) in [6, 6.07) is 8.57. The van der Waals surface area contributed by atoms with E-state index in [1.165, 1.54) is 14.2 Å². The van der Waals surface area contributed by atoms with Crippen molar-refractivity contribution in [2.45, 2.75) is 12.8 Å². The predicted molar refractivity (Wildman–Crippen MR) is 80.6 cm³/mol. The van der Waals surface area contributed by atoms with Crippen molar-refractivity contribution in [1.82, 2.24) is 4.90 Å². The second kappa shape index (κ2) is 9.34. The molecule has 1 aromatic rings. The van der Waals surface area contributed by atoms with E-state index in [-0.39, 0.29) is 31.7 Å². The van der Waals surface area contributed by atoms with Gasteiger partial charge in [0.05, 0.1) is 14.2 Å². The summed E-state index contributed by atoms with van der Waals surface area (Å²) in [5, 5.41) is 0. The van der Waals surface area contributed by atoms with Gasteiger partial charge in [0.1, 0.15) is 13.1 Å². The molecule has 1 rings (SSSR count). The molecule has 0 aliphatic heterocycles. The van der Waals surface area contributed by atoms with Crippen LogP contribution in [0.5, 0.6) is 0 Å². The summed E-state index contributed by atoms with van der Waals surface area (Å²) in [6.45, 7) is -0.742. The quantitative estimate of drug-likeness (QED) is 0.520. The summed E-state index contributed by atoms with van der Waals surface area (Å²) in [7, 11) is 2.37. The number of ether oxygens (including phenoxy) is 2. The Hall–Kier alpha value is -2.70. The van der Waals surface area contributed by atoms with E-state index in [1.807, 2.05) is 0 Å². The molecule has 23 heavy (non-hydrogen) atoms. The molecule has 0 N–H and O–H groups in total. The number of ketones is 1. The van der Waals surface area contributed by atoms with E-state index < -0.39 is 17.8 Å². The standard InChI is InChI=1S/C16H19NO6/c1-22-15(20)10-17(11-16(21)23-2)14(19)9-8-13(18)12-6-4-3-5-7-12/h3-7H,8-11H2,1-2H3. The maximum atomic E-state index is 12.1. The number of carbonyl (C=O) groups excluding carboxylic acids is 4. The van der Waals surface area contributed by atoms with Crippen molar-refractivity contribution in [1.29, 1.82) is 0 Å². The highest BCUT2D eigenvalue weighted by molar-refractivity contribution is 5.98. The number of carbonyl (C=O) groups is 4. The second-order valence-corrected chi connectivity index (χ2v) is 4.69. The fourth-order valence-corrected chi connectivity index (χ4v) is 1.82. The number of esters is 2. The molecule has 1 aromatic carbocycles. The number of rotatable bonds is 8. The van der Waals surface area contributed by atoms with E-state index in [0.29, 0.717) is 5.56 Å². The molecule has 0 radical (unpaired) electrons. The summed E-state index contributed by atoms with van der Waals surface area (Å²) in [4.78, 5) is 47.8. The number of hydrogen-bond donors (Lipinski definition) is 0. The molecule has 0 aromatic heterocycles. The van der Waals surface area contributed by atoms with Crippen LogP contribution in [-0.2, 0) is 23.9 Å². The third-order valence-electron chi connectivity index (χ3n) is 3.11. The molecule has 0 spiro atoms. The largest absolute Gasteiger partial charge is 0.468 e. The van der Waals surface area contributed by atoms with E-state index in [4.69, 9.17) is 0 Å². The molecule has 0 saturated carbocycles. The Labute approximate surface area is 134 Å². The number of benzene rings is 1. The van der Waals surface area contributed by atoms with Gasteiger partial charge in [-0.25, -0.2) is 0 Å².